The molecule has 7 nitrogen and oxygen atoms in total. The van der Waals surface area contributed by atoms with Crippen LogP contribution in [0.1, 0.15) is 42.4 Å². The van der Waals surface area contributed by atoms with Crippen molar-refractivity contribution in [2.75, 3.05) is 32.1 Å². The molecular formula is C26H28ClF3N4O3. The fourth-order valence-electron chi connectivity index (χ4n) is 3.46. The van der Waals surface area contributed by atoms with Gasteiger partial charge in [-0.3, -0.25) is 9.59 Å². The summed E-state index contributed by atoms with van der Waals surface area (Å²) >= 11 is 6.37. The molecule has 2 aromatic carbocycles. The first-order valence-corrected chi connectivity index (χ1v) is 11.8. The predicted molar refractivity (Wildman–Crippen MR) is 135 cm³/mol. The van der Waals surface area contributed by atoms with Gasteiger partial charge in [-0.05, 0) is 30.3 Å². The number of rotatable bonds is 8. The minimum Gasteiger partial charge on any atom is -0.383 e. The molecule has 0 saturated carbocycles. The van der Waals surface area contributed by atoms with Crippen LogP contribution in [0.2, 0.25) is 5.02 Å². The SMILES string of the molecule is COCCN(CC(=O)Nc1cc(C(C)(C)C)nn1-c1ccccc1Cl)C(=O)c1cccc(C(F)(F)F)c1. The number of nitrogens with one attached hydrogen (secondary N) is 1. The highest BCUT2D eigenvalue weighted by Crippen LogP contribution is 2.30. The van der Waals surface area contributed by atoms with Crippen molar-refractivity contribution in [1.29, 1.82) is 0 Å². The van der Waals surface area contributed by atoms with Crippen molar-refractivity contribution in [2.24, 2.45) is 0 Å². The highest BCUT2D eigenvalue weighted by Gasteiger charge is 2.31. The van der Waals surface area contributed by atoms with Gasteiger partial charge < -0.3 is 15.0 Å². The first-order chi connectivity index (χ1) is 17.3. The van der Waals surface area contributed by atoms with Gasteiger partial charge in [0.1, 0.15) is 12.4 Å². The van der Waals surface area contributed by atoms with Crippen LogP contribution in [0.25, 0.3) is 5.69 Å². The lowest BCUT2D eigenvalue weighted by atomic mass is 9.92. The second-order valence-corrected chi connectivity index (χ2v) is 9.78. The van der Waals surface area contributed by atoms with Crippen LogP contribution < -0.4 is 5.32 Å². The topological polar surface area (TPSA) is 76.5 Å². The number of amides is 2. The Balaban J connectivity index is 1.88. The second-order valence-electron chi connectivity index (χ2n) is 9.37. The molecule has 3 rings (SSSR count). The van der Waals surface area contributed by atoms with E-state index in [0.717, 1.165) is 23.1 Å². The standard InChI is InChI=1S/C26H28ClF3N4O3/c1-25(2,3)21-15-22(34(32-21)20-11-6-5-10-19(20)27)31-23(35)16-33(12-13-37-4)24(36)17-8-7-9-18(14-17)26(28,29)30/h5-11,14-15H,12-13,16H2,1-4H3,(H,31,35). The summed E-state index contributed by atoms with van der Waals surface area (Å²) in [4.78, 5) is 27.3. The highest BCUT2D eigenvalue weighted by atomic mass is 35.5. The third kappa shape index (κ3) is 7.11. The molecule has 37 heavy (non-hydrogen) atoms. The number of carbonyl (C=O) groups is 2. The van der Waals surface area contributed by atoms with Gasteiger partial charge in [0.2, 0.25) is 5.91 Å². The van der Waals surface area contributed by atoms with Gasteiger partial charge in [0.25, 0.3) is 5.91 Å². The summed E-state index contributed by atoms with van der Waals surface area (Å²) in [6.45, 7) is 5.57. The number of halogens is 4. The van der Waals surface area contributed by atoms with E-state index < -0.39 is 30.1 Å². The maximum atomic E-state index is 13.2. The summed E-state index contributed by atoms with van der Waals surface area (Å²) in [6, 6.07) is 12.8. The lowest BCUT2D eigenvalue weighted by Gasteiger charge is -2.22. The molecule has 198 valence electrons. The summed E-state index contributed by atoms with van der Waals surface area (Å²) in [7, 11) is 1.42. The number of nitrogens with zero attached hydrogens (tertiary/aromatic N) is 3. The van der Waals surface area contributed by atoms with Crippen LogP contribution in [-0.2, 0) is 21.1 Å². The van der Waals surface area contributed by atoms with Gasteiger partial charge in [-0.2, -0.15) is 18.3 Å². The van der Waals surface area contributed by atoms with E-state index >= 15 is 0 Å². The zero-order valence-corrected chi connectivity index (χ0v) is 21.7. The van der Waals surface area contributed by atoms with E-state index in [-0.39, 0.29) is 24.1 Å². The average Bonchev–Trinajstić information content (AvgIpc) is 3.25. The van der Waals surface area contributed by atoms with Gasteiger partial charge in [0.15, 0.2) is 0 Å². The van der Waals surface area contributed by atoms with Crippen molar-refractivity contribution >= 4 is 29.2 Å². The van der Waals surface area contributed by atoms with E-state index in [2.05, 4.69) is 10.4 Å². The highest BCUT2D eigenvalue weighted by molar-refractivity contribution is 6.32. The normalized spacial score (nSPS) is 11.9. The molecule has 1 N–H and O–H groups in total. The number of alkyl halides is 3. The molecule has 0 spiro atoms. The summed E-state index contributed by atoms with van der Waals surface area (Å²) < 4.78 is 46.0. The molecule has 11 heteroatoms. The lowest BCUT2D eigenvalue weighted by Crippen LogP contribution is -2.40. The molecule has 0 aliphatic rings. The maximum Gasteiger partial charge on any atom is 0.416 e. The molecule has 0 radical (unpaired) electrons. The van der Waals surface area contributed by atoms with E-state index in [4.69, 9.17) is 16.3 Å². The Morgan fingerprint density at radius 3 is 2.41 bits per heavy atom. The third-order valence-electron chi connectivity index (χ3n) is 5.45. The Labute approximate surface area is 218 Å². The minimum absolute atomic E-state index is 0.00395. The van der Waals surface area contributed by atoms with Crippen LogP contribution in [0.5, 0.6) is 0 Å². The van der Waals surface area contributed by atoms with Crippen LogP contribution in [0.3, 0.4) is 0 Å². The number of carbonyl (C=O) groups excluding carboxylic acids is 2. The molecule has 1 heterocycles. The summed E-state index contributed by atoms with van der Waals surface area (Å²) in [5.74, 6) is -0.959. The van der Waals surface area contributed by atoms with Gasteiger partial charge in [-0.25, -0.2) is 4.68 Å². The Morgan fingerprint density at radius 1 is 1.08 bits per heavy atom. The molecule has 0 fully saturated rings. The second kappa shape index (κ2) is 11.4. The fourth-order valence-corrected chi connectivity index (χ4v) is 3.68. The fraction of sp³-hybridized carbons (Fsp3) is 0.346. The van der Waals surface area contributed by atoms with Crippen molar-refractivity contribution in [3.8, 4) is 5.69 Å². The molecule has 0 unspecified atom stereocenters. The smallest absolute Gasteiger partial charge is 0.383 e. The van der Waals surface area contributed by atoms with E-state index in [9.17, 15) is 22.8 Å². The Bertz CT molecular complexity index is 1270. The molecule has 0 aliphatic carbocycles. The van der Waals surface area contributed by atoms with Gasteiger partial charge in [-0.1, -0.05) is 50.6 Å². The van der Waals surface area contributed by atoms with E-state index in [1.165, 1.54) is 17.9 Å². The van der Waals surface area contributed by atoms with Gasteiger partial charge in [-0.15, -0.1) is 0 Å². The van der Waals surface area contributed by atoms with Crippen molar-refractivity contribution in [3.63, 3.8) is 0 Å². The summed E-state index contributed by atoms with van der Waals surface area (Å²) in [5, 5.41) is 7.81. The number of hydrogen-bond acceptors (Lipinski definition) is 4. The summed E-state index contributed by atoms with van der Waals surface area (Å²) in [6.07, 6.45) is -4.60. The largest absolute Gasteiger partial charge is 0.416 e. The van der Waals surface area contributed by atoms with Crippen LogP contribution in [0, 0.1) is 0 Å². The number of para-hydroxylation sites is 1. The quantitative estimate of drug-likeness (QED) is 0.408. The number of ether oxygens (including phenoxy) is 1. The van der Waals surface area contributed by atoms with Crippen LogP contribution in [0.4, 0.5) is 19.0 Å². The number of methoxy groups -OCH3 is 1. The minimum atomic E-state index is -4.60. The van der Waals surface area contributed by atoms with E-state index in [1.54, 1.807) is 30.3 Å². The van der Waals surface area contributed by atoms with Crippen molar-refractivity contribution < 1.29 is 27.5 Å². The molecule has 0 atom stereocenters. The van der Waals surface area contributed by atoms with Crippen molar-refractivity contribution in [1.82, 2.24) is 14.7 Å². The Kier molecular flexibility index (Phi) is 8.65. The molecule has 0 saturated heterocycles. The molecule has 0 aliphatic heterocycles. The van der Waals surface area contributed by atoms with Crippen LogP contribution in [0.15, 0.2) is 54.6 Å². The maximum absolute atomic E-state index is 13.2. The van der Waals surface area contributed by atoms with Crippen LogP contribution >= 0.6 is 11.6 Å². The molecular weight excluding hydrogens is 509 g/mol. The molecule has 1 aromatic heterocycles. The number of anilines is 1. The van der Waals surface area contributed by atoms with E-state index in [1.807, 2.05) is 20.8 Å². The third-order valence-corrected chi connectivity index (χ3v) is 5.77. The van der Waals surface area contributed by atoms with Gasteiger partial charge in [0, 0.05) is 30.7 Å². The number of aromatic nitrogens is 2. The summed E-state index contributed by atoms with van der Waals surface area (Å²) in [5.41, 5.74) is -0.233. The molecule has 3 aromatic rings. The van der Waals surface area contributed by atoms with Crippen molar-refractivity contribution in [2.45, 2.75) is 32.4 Å². The van der Waals surface area contributed by atoms with Gasteiger partial charge >= 0.3 is 6.18 Å². The zero-order chi connectivity index (χ0) is 27.4. The Morgan fingerprint density at radius 2 is 1.78 bits per heavy atom. The molecule has 2 amide bonds. The molecule has 0 bridgehead atoms. The van der Waals surface area contributed by atoms with Crippen LogP contribution in [-0.4, -0.2) is 53.3 Å². The predicted octanol–water partition coefficient (Wildman–Crippen LogP) is 5.57. The average molecular weight is 537 g/mol. The number of benzene rings is 2. The van der Waals surface area contributed by atoms with Gasteiger partial charge in [0.05, 0.1) is 28.6 Å². The monoisotopic (exact) mass is 536 g/mol. The number of hydrogen-bond donors (Lipinski definition) is 1. The van der Waals surface area contributed by atoms with E-state index in [0.29, 0.717) is 22.2 Å². The first kappa shape index (κ1) is 28.2. The lowest BCUT2D eigenvalue weighted by molar-refractivity contribution is -0.137. The first-order valence-electron chi connectivity index (χ1n) is 11.4. The zero-order valence-electron chi connectivity index (χ0n) is 20.9. The Hall–Kier alpha value is -3.37. The van der Waals surface area contributed by atoms with Crippen molar-refractivity contribution in [3.05, 3.63) is 76.4 Å².